The van der Waals surface area contributed by atoms with Gasteiger partial charge < -0.3 is 14.4 Å². The lowest BCUT2D eigenvalue weighted by Crippen LogP contribution is -2.41. The Morgan fingerprint density at radius 2 is 1.65 bits per heavy atom. The Bertz CT molecular complexity index is 588. The van der Waals surface area contributed by atoms with E-state index in [-0.39, 0.29) is 18.3 Å². The number of unbranched alkanes of at least 4 members (excludes halogenated alkanes) is 1. The minimum atomic E-state index is -0.432. The SMILES string of the molecule is CCCC/C(=C\B1OC(C)(C)C(C)(C)O1)CCC(O)c1ccc(C)cc1. The van der Waals surface area contributed by atoms with E-state index in [1.807, 2.05) is 12.1 Å². The van der Waals surface area contributed by atoms with E-state index in [0.29, 0.717) is 0 Å². The fourth-order valence-electron chi connectivity index (χ4n) is 3.12. The van der Waals surface area contributed by atoms with Gasteiger partial charge in [-0.1, -0.05) is 54.7 Å². The summed E-state index contributed by atoms with van der Waals surface area (Å²) in [5.41, 5.74) is 2.89. The van der Waals surface area contributed by atoms with Crippen LogP contribution in [0.15, 0.2) is 35.8 Å². The molecule has 2 rings (SSSR count). The lowest BCUT2D eigenvalue weighted by molar-refractivity contribution is 0.00578. The maximum Gasteiger partial charge on any atom is 0.487 e. The normalized spacial score (nSPS) is 20.4. The first kappa shape index (κ1) is 21.2. The summed E-state index contributed by atoms with van der Waals surface area (Å²) in [6.07, 6.45) is 4.48. The van der Waals surface area contributed by atoms with Crippen molar-refractivity contribution in [3.05, 3.63) is 46.9 Å². The van der Waals surface area contributed by atoms with Gasteiger partial charge in [-0.05, 0) is 65.9 Å². The maximum absolute atomic E-state index is 10.5. The fourth-order valence-corrected chi connectivity index (χ4v) is 3.12. The molecule has 0 bridgehead atoms. The summed E-state index contributed by atoms with van der Waals surface area (Å²) in [5.74, 6) is 2.13. The molecule has 1 aliphatic rings. The molecule has 1 atom stereocenters. The Kier molecular flexibility index (Phi) is 7.12. The van der Waals surface area contributed by atoms with Crippen LogP contribution in [-0.4, -0.2) is 23.4 Å². The molecule has 1 unspecified atom stereocenters. The van der Waals surface area contributed by atoms with Crippen LogP contribution in [0.3, 0.4) is 0 Å². The predicted molar refractivity (Wildman–Crippen MR) is 109 cm³/mol. The van der Waals surface area contributed by atoms with Crippen LogP contribution >= 0.6 is 0 Å². The minimum absolute atomic E-state index is 0.302. The van der Waals surface area contributed by atoms with Gasteiger partial charge in [0.15, 0.2) is 0 Å². The van der Waals surface area contributed by atoms with E-state index >= 15 is 0 Å². The fraction of sp³-hybridized carbons (Fsp3) is 0.636. The molecule has 1 aliphatic heterocycles. The van der Waals surface area contributed by atoms with Crippen LogP contribution in [0.2, 0.25) is 0 Å². The standard InChI is InChI=1S/C22H35BO3/c1-7-8-9-18(16-23-25-21(3,4)22(5,6)26-23)12-15-20(24)19-13-10-17(2)11-14-19/h10-11,13-14,16,20,24H,7-9,12,15H2,1-6H3/b18-16+. The first-order valence-electron chi connectivity index (χ1n) is 9.94. The second-order valence-corrected chi connectivity index (χ2v) is 8.52. The smallest absolute Gasteiger partial charge is 0.400 e. The molecule has 26 heavy (non-hydrogen) atoms. The van der Waals surface area contributed by atoms with Crippen LogP contribution in [0.4, 0.5) is 0 Å². The third kappa shape index (κ3) is 5.45. The lowest BCUT2D eigenvalue weighted by Gasteiger charge is -2.32. The molecular formula is C22H35BO3. The number of hydrogen-bond acceptors (Lipinski definition) is 3. The van der Waals surface area contributed by atoms with E-state index in [4.69, 9.17) is 9.31 Å². The van der Waals surface area contributed by atoms with Crippen LogP contribution < -0.4 is 0 Å². The van der Waals surface area contributed by atoms with Crippen molar-refractivity contribution in [3.63, 3.8) is 0 Å². The molecule has 3 nitrogen and oxygen atoms in total. The van der Waals surface area contributed by atoms with Crippen LogP contribution in [0.1, 0.15) is 84.0 Å². The van der Waals surface area contributed by atoms with E-state index < -0.39 is 6.10 Å². The Hall–Kier alpha value is -1.10. The van der Waals surface area contributed by atoms with Crippen LogP contribution in [0.25, 0.3) is 0 Å². The summed E-state index contributed by atoms with van der Waals surface area (Å²) in [5, 5.41) is 10.5. The van der Waals surface area contributed by atoms with Crippen molar-refractivity contribution in [2.24, 2.45) is 0 Å². The molecular weight excluding hydrogens is 323 g/mol. The van der Waals surface area contributed by atoms with Gasteiger partial charge >= 0.3 is 7.12 Å². The molecule has 0 radical (unpaired) electrons. The Morgan fingerprint density at radius 1 is 1.08 bits per heavy atom. The largest absolute Gasteiger partial charge is 0.487 e. The topological polar surface area (TPSA) is 38.7 Å². The molecule has 1 fully saturated rings. The molecule has 1 N–H and O–H groups in total. The van der Waals surface area contributed by atoms with E-state index in [2.05, 4.69) is 59.7 Å². The molecule has 1 heterocycles. The zero-order valence-electron chi connectivity index (χ0n) is 17.3. The first-order valence-corrected chi connectivity index (χ1v) is 9.94. The highest BCUT2D eigenvalue weighted by Crippen LogP contribution is 2.37. The second kappa shape index (κ2) is 8.73. The first-order chi connectivity index (χ1) is 12.1. The molecule has 0 amide bonds. The molecule has 0 spiro atoms. The van der Waals surface area contributed by atoms with Crippen molar-refractivity contribution >= 4 is 7.12 Å². The summed E-state index contributed by atoms with van der Waals surface area (Å²) in [4.78, 5) is 0. The highest BCUT2D eigenvalue weighted by atomic mass is 16.7. The van der Waals surface area contributed by atoms with Gasteiger partial charge in [0.05, 0.1) is 17.3 Å². The third-order valence-corrected chi connectivity index (χ3v) is 5.70. The summed E-state index contributed by atoms with van der Waals surface area (Å²) in [7, 11) is -0.302. The van der Waals surface area contributed by atoms with Gasteiger partial charge in [-0.25, -0.2) is 0 Å². The number of benzene rings is 1. The van der Waals surface area contributed by atoms with E-state index in [0.717, 1.165) is 37.7 Å². The van der Waals surface area contributed by atoms with Crippen molar-refractivity contribution < 1.29 is 14.4 Å². The molecule has 0 saturated carbocycles. The van der Waals surface area contributed by atoms with Gasteiger partial charge in [0.25, 0.3) is 0 Å². The molecule has 1 saturated heterocycles. The molecule has 4 heteroatoms. The van der Waals surface area contributed by atoms with Crippen LogP contribution in [0, 0.1) is 6.92 Å². The Balaban J connectivity index is 2.02. The monoisotopic (exact) mass is 358 g/mol. The van der Waals surface area contributed by atoms with Gasteiger partial charge in [-0.2, -0.15) is 0 Å². The number of rotatable bonds is 8. The second-order valence-electron chi connectivity index (χ2n) is 8.52. The summed E-state index contributed by atoms with van der Waals surface area (Å²) < 4.78 is 12.2. The van der Waals surface area contributed by atoms with E-state index in [9.17, 15) is 5.11 Å². The summed E-state index contributed by atoms with van der Waals surface area (Å²) in [6, 6.07) is 8.14. The number of aryl methyl sites for hydroxylation is 1. The van der Waals surface area contributed by atoms with Gasteiger partial charge in [0.1, 0.15) is 0 Å². The van der Waals surface area contributed by atoms with E-state index in [1.165, 1.54) is 11.1 Å². The maximum atomic E-state index is 10.5. The zero-order chi connectivity index (χ0) is 19.4. The van der Waals surface area contributed by atoms with Gasteiger partial charge in [0, 0.05) is 0 Å². The predicted octanol–water partition coefficient (Wildman–Crippen LogP) is 5.56. The molecule has 0 aliphatic carbocycles. The number of allylic oxidation sites excluding steroid dienone is 1. The van der Waals surface area contributed by atoms with Gasteiger partial charge in [0.2, 0.25) is 0 Å². The number of aliphatic hydroxyl groups is 1. The van der Waals surface area contributed by atoms with Crippen molar-refractivity contribution in [2.75, 3.05) is 0 Å². The highest BCUT2D eigenvalue weighted by Gasteiger charge is 2.50. The molecule has 144 valence electrons. The average Bonchev–Trinajstić information content (AvgIpc) is 2.77. The molecule has 1 aromatic rings. The zero-order valence-corrected chi connectivity index (χ0v) is 17.3. The highest BCUT2D eigenvalue weighted by molar-refractivity contribution is 6.51. The van der Waals surface area contributed by atoms with Crippen LogP contribution in [-0.2, 0) is 9.31 Å². The average molecular weight is 358 g/mol. The van der Waals surface area contributed by atoms with Crippen LogP contribution in [0.5, 0.6) is 0 Å². The van der Waals surface area contributed by atoms with Gasteiger partial charge in [-0.3, -0.25) is 0 Å². The van der Waals surface area contributed by atoms with Crippen molar-refractivity contribution in [2.45, 2.75) is 91.0 Å². The van der Waals surface area contributed by atoms with Gasteiger partial charge in [-0.15, -0.1) is 0 Å². The quantitative estimate of drug-likeness (QED) is 0.619. The summed E-state index contributed by atoms with van der Waals surface area (Å²) in [6.45, 7) is 12.6. The lowest BCUT2D eigenvalue weighted by atomic mass is 9.83. The molecule has 0 aromatic heterocycles. The van der Waals surface area contributed by atoms with Crippen molar-refractivity contribution in [3.8, 4) is 0 Å². The van der Waals surface area contributed by atoms with E-state index in [1.54, 1.807) is 0 Å². The van der Waals surface area contributed by atoms with Crippen molar-refractivity contribution in [1.82, 2.24) is 0 Å². The minimum Gasteiger partial charge on any atom is -0.400 e. The Labute approximate surface area is 159 Å². The summed E-state index contributed by atoms with van der Waals surface area (Å²) >= 11 is 0. The number of hydrogen-bond donors (Lipinski definition) is 1. The Morgan fingerprint density at radius 3 is 2.19 bits per heavy atom. The third-order valence-electron chi connectivity index (χ3n) is 5.70. The number of aliphatic hydroxyl groups excluding tert-OH is 1. The van der Waals surface area contributed by atoms with Crippen molar-refractivity contribution in [1.29, 1.82) is 0 Å². The molecule has 1 aromatic carbocycles.